The second kappa shape index (κ2) is 10.3. The molecule has 2 N–H and O–H groups in total. The molecule has 1 fully saturated rings. The number of nitrogens with two attached hydrogens (primary N) is 1. The van der Waals surface area contributed by atoms with Crippen LogP contribution in [0.5, 0.6) is 0 Å². The van der Waals surface area contributed by atoms with E-state index in [-0.39, 0.29) is 48.9 Å². The normalized spacial score (nSPS) is 17.5. The van der Waals surface area contributed by atoms with Gasteiger partial charge in [-0.15, -0.1) is 35.0 Å². The summed E-state index contributed by atoms with van der Waals surface area (Å²) in [5, 5.41) is 9.42. The molecule has 11 heteroatoms. The standard InChI is InChI=1S/C24H25F3N6.2ClH/c1-14(2)18-5-3-4-15-6-8-19(29-21(15)18)23-31-30-20-9-7-16(12-33(20)23)22(24(25,26)27)32-11-10-17(28)13-32;;/h3-9,12,14,17,22H,10-11,13,28H2,1-2H3;2*1H/t17?,22-;;/m1../s1. The van der Waals surface area contributed by atoms with E-state index in [2.05, 4.69) is 24.0 Å². The van der Waals surface area contributed by atoms with Gasteiger partial charge in [-0.25, -0.2) is 4.98 Å². The lowest BCUT2D eigenvalue weighted by Crippen LogP contribution is -2.38. The third-order valence-corrected chi connectivity index (χ3v) is 6.27. The highest BCUT2D eigenvalue weighted by Gasteiger charge is 2.46. The summed E-state index contributed by atoms with van der Waals surface area (Å²) in [6.07, 6.45) is -2.40. The van der Waals surface area contributed by atoms with Crippen molar-refractivity contribution in [1.29, 1.82) is 0 Å². The lowest BCUT2D eigenvalue weighted by Gasteiger charge is -2.30. The maximum Gasteiger partial charge on any atom is 0.408 e. The van der Waals surface area contributed by atoms with Gasteiger partial charge in [0.15, 0.2) is 11.5 Å². The molecule has 6 nitrogen and oxygen atoms in total. The molecule has 1 aliphatic rings. The van der Waals surface area contributed by atoms with E-state index in [1.54, 1.807) is 10.5 Å². The van der Waals surface area contributed by atoms with Crippen molar-refractivity contribution < 1.29 is 13.2 Å². The van der Waals surface area contributed by atoms with Crippen molar-refractivity contribution in [3.63, 3.8) is 0 Å². The Morgan fingerprint density at radius 1 is 1.03 bits per heavy atom. The van der Waals surface area contributed by atoms with Gasteiger partial charge in [-0.1, -0.05) is 44.2 Å². The zero-order valence-corrected chi connectivity index (χ0v) is 20.9. The number of halogens is 5. The maximum atomic E-state index is 14.1. The van der Waals surface area contributed by atoms with Crippen molar-refractivity contribution in [1.82, 2.24) is 24.5 Å². The second-order valence-corrected chi connectivity index (χ2v) is 8.97. The van der Waals surface area contributed by atoms with Crippen LogP contribution in [0.4, 0.5) is 13.2 Å². The van der Waals surface area contributed by atoms with Crippen LogP contribution in [-0.4, -0.2) is 49.8 Å². The van der Waals surface area contributed by atoms with Crippen LogP contribution in [0.15, 0.2) is 48.7 Å². The van der Waals surface area contributed by atoms with Crippen LogP contribution < -0.4 is 5.73 Å². The first-order chi connectivity index (χ1) is 15.7. The molecule has 3 aromatic heterocycles. The summed E-state index contributed by atoms with van der Waals surface area (Å²) in [6.45, 7) is 4.72. The van der Waals surface area contributed by atoms with Crippen molar-refractivity contribution in [3.8, 4) is 11.5 Å². The summed E-state index contributed by atoms with van der Waals surface area (Å²) in [4.78, 5) is 6.23. The number of fused-ring (bicyclic) bond motifs is 2. The summed E-state index contributed by atoms with van der Waals surface area (Å²) in [7, 11) is 0. The monoisotopic (exact) mass is 526 g/mol. The number of aromatic nitrogens is 4. The van der Waals surface area contributed by atoms with Gasteiger partial charge in [0.2, 0.25) is 0 Å². The number of benzene rings is 1. The molecule has 0 bridgehead atoms. The lowest BCUT2D eigenvalue weighted by molar-refractivity contribution is -0.183. The minimum absolute atomic E-state index is 0. The Morgan fingerprint density at radius 2 is 1.80 bits per heavy atom. The third kappa shape index (κ3) is 5.09. The Labute approximate surface area is 213 Å². The van der Waals surface area contributed by atoms with Gasteiger partial charge >= 0.3 is 6.18 Å². The van der Waals surface area contributed by atoms with E-state index in [9.17, 15) is 13.2 Å². The number of pyridine rings is 2. The van der Waals surface area contributed by atoms with Gasteiger partial charge in [0.05, 0.1) is 5.52 Å². The molecule has 4 heterocycles. The van der Waals surface area contributed by atoms with Crippen LogP contribution in [0.2, 0.25) is 0 Å². The van der Waals surface area contributed by atoms with Crippen LogP contribution in [0.25, 0.3) is 28.1 Å². The molecule has 1 unspecified atom stereocenters. The smallest absolute Gasteiger partial charge is 0.326 e. The van der Waals surface area contributed by atoms with Gasteiger partial charge < -0.3 is 5.73 Å². The Balaban J connectivity index is 0.00000171. The average molecular weight is 527 g/mol. The van der Waals surface area contributed by atoms with Crippen LogP contribution in [0.1, 0.15) is 43.4 Å². The minimum Gasteiger partial charge on any atom is -0.326 e. The predicted molar refractivity (Wildman–Crippen MR) is 135 cm³/mol. The van der Waals surface area contributed by atoms with E-state index in [1.807, 2.05) is 30.3 Å². The molecular weight excluding hydrogens is 500 g/mol. The van der Waals surface area contributed by atoms with Gasteiger partial charge in [0.25, 0.3) is 0 Å². The second-order valence-electron chi connectivity index (χ2n) is 8.97. The van der Waals surface area contributed by atoms with Crippen LogP contribution in [-0.2, 0) is 0 Å². The Hall–Kier alpha value is -2.46. The molecule has 188 valence electrons. The molecule has 4 aromatic rings. The van der Waals surface area contributed by atoms with E-state index in [0.717, 1.165) is 16.5 Å². The van der Waals surface area contributed by atoms with Gasteiger partial charge in [-0.3, -0.25) is 9.30 Å². The van der Waals surface area contributed by atoms with E-state index in [4.69, 9.17) is 10.7 Å². The van der Waals surface area contributed by atoms with Crippen molar-refractivity contribution in [3.05, 3.63) is 59.8 Å². The molecule has 35 heavy (non-hydrogen) atoms. The van der Waals surface area contributed by atoms with Gasteiger partial charge in [0.1, 0.15) is 11.7 Å². The number of alkyl halides is 3. The molecule has 1 aliphatic heterocycles. The Morgan fingerprint density at radius 3 is 2.46 bits per heavy atom. The molecule has 1 saturated heterocycles. The number of hydrogen-bond acceptors (Lipinski definition) is 5. The van der Waals surface area contributed by atoms with E-state index >= 15 is 0 Å². The summed E-state index contributed by atoms with van der Waals surface area (Å²) >= 11 is 0. The topological polar surface area (TPSA) is 72.3 Å². The zero-order chi connectivity index (χ0) is 23.3. The minimum atomic E-state index is -4.43. The third-order valence-electron chi connectivity index (χ3n) is 6.27. The number of para-hydroxylation sites is 1. The van der Waals surface area contributed by atoms with Gasteiger partial charge in [0, 0.05) is 30.7 Å². The Kier molecular flexibility index (Phi) is 7.96. The van der Waals surface area contributed by atoms with E-state index in [1.165, 1.54) is 17.2 Å². The highest BCUT2D eigenvalue weighted by atomic mass is 35.5. The molecule has 5 rings (SSSR count). The summed E-state index contributed by atoms with van der Waals surface area (Å²) in [6, 6.07) is 10.9. The molecule has 2 atom stereocenters. The molecule has 0 spiro atoms. The summed E-state index contributed by atoms with van der Waals surface area (Å²) < 4.78 is 43.9. The molecule has 0 aliphatic carbocycles. The molecular formula is C24H27Cl2F3N6. The lowest BCUT2D eigenvalue weighted by atomic mass is 9.99. The quantitative estimate of drug-likeness (QED) is 0.377. The average Bonchev–Trinajstić information content (AvgIpc) is 3.38. The van der Waals surface area contributed by atoms with Crippen LogP contribution >= 0.6 is 24.8 Å². The molecule has 0 saturated carbocycles. The fraction of sp³-hybridized carbons (Fsp3) is 0.375. The van der Waals surface area contributed by atoms with Crippen molar-refractivity contribution in [2.45, 2.75) is 44.4 Å². The van der Waals surface area contributed by atoms with Crippen LogP contribution in [0, 0.1) is 0 Å². The van der Waals surface area contributed by atoms with Crippen molar-refractivity contribution in [2.75, 3.05) is 13.1 Å². The number of nitrogens with zero attached hydrogens (tertiary/aromatic N) is 5. The van der Waals surface area contributed by atoms with E-state index < -0.39 is 12.2 Å². The summed E-state index contributed by atoms with van der Waals surface area (Å²) in [5.74, 6) is 0.684. The van der Waals surface area contributed by atoms with Crippen molar-refractivity contribution in [2.24, 2.45) is 5.73 Å². The zero-order valence-electron chi connectivity index (χ0n) is 19.2. The first kappa shape index (κ1) is 27.1. The first-order valence-corrected chi connectivity index (χ1v) is 11.0. The number of likely N-dealkylation sites (tertiary alicyclic amines) is 1. The van der Waals surface area contributed by atoms with Gasteiger partial charge in [-0.05, 0) is 35.6 Å². The summed E-state index contributed by atoms with van der Waals surface area (Å²) in [5.41, 5.74) is 9.02. The molecule has 1 aromatic carbocycles. The highest BCUT2D eigenvalue weighted by molar-refractivity contribution is 5.86. The fourth-order valence-corrected chi connectivity index (χ4v) is 4.66. The SMILES string of the molecule is CC(C)c1cccc2ccc(-c3nnc4ccc([C@@H](N5CCC(N)C5)C(F)(F)F)cn34)nc12.Cl.Cl. The Bertz CT molecular complexity index is 1320. The highest BCUT2D eigenvalue weighted by Crippen LogP contribution is 2.39. The van der Waals surface area contributed by atoms with Crippen LogP contribution in [0.3, 0.4) is 0 Å². The molecule has 0 amide bonds. The number of hydrogen-bond donors (Lipinski definition) is 1. The predicted octanol–water partition coefficient (Wildman–Crippen LogP) is 5.55. The fourth-order valence-electron chi connectivity index (χ4n) is 4.66. The molecule has 0 radical (unpaired) electrons. The number of rotatable bonds is 4. The van der Waals surface area contributed by atoms with Crippen molar-refractivity contribution >= 4 is 41.4 Å². The maximum absolute atomic E-state index is 14.1. The van der Waals surface area contributed by atoms with E-state index in [0.29, 0.717) is 30.1 Å². The first-order valence-electron chi connectivity index (χ1n) is 11.0. The van der Waals surface area contributed by atoms with Gasteiger partial charge in [-0.2, -0.15) is 13.2 Å². The largest absolute Gasteiger partial charge is 0.408 e.